The van der Waals surface area contributed by atoms with Gasteiger partial charge in [0.25, 0.3) is 0 Å². The summed E-state index contributed by atoms with van der Waals surface area (Å²) in [6.45, 7) is 6.24. The maximum Gasteiger partial charge on any atom is 0.232 e. The zero-order valence-corrected chi connectivity index (χ0v) is 18.3. The third-order valence-corrected chi connectivity index (χ3v) is 6.00. The van der Waals surface area contributed by atoms with Crippen molar-refractivity contribution < 1.29 is 13.2 Å². The number of nitrogens with zero attached hydrogens (tertiary/aromatic N) is 1. The van der Waals surface area contributed by atoms with Crippen molar-refractivity contribution in [2.24, 2.45) is 0 Å². The predicted molar refractivity (Wildman–Crippen MR) is 115 cm³/mol. The molecule has 0 radical (unpaired) electrons. The molecule has 0 aromatic heterocycles. The van der Waals surface area contributed by atoms with Crippen molar-refractivity contribution in [2.75, 3.05) is 17.1 Å². The van der Waals surface area contributed by atoms with Crippen molar-refractivity contribution in [3.05, 3.63) is 64.2 Å². The van der Waals surface area contributed by atoms with Gasteiger partial charge in [0, 0.05) is 18.0 Å². The Morgan fingerprint density at radius 2 is 1.79 bits per heavy atom. The SMILES string of the molecule is Cc1ccc([C@H](C)NC(=O)CCCN(c2ccc(Cl)cc2)S(C)(=O)=O)c(C)c1. The predicted octanol–water partition coefficient (Wildman–Crippen LogP) is 4.38. The van der Waals surface area contributed by atoms with Crippen LogP contribution in [0.5, 0.6) is 0 Å². The Bertz CT molecular complexity index is 927. The lowest BCUT2D eigenvalue weighted by atomic mass is 10.00. The van der Waals surface area contributed by atoms with Crippen LogP contribution in [0.15, 0.2) is 42.5 Å². The third kappa shape index (κ3) is 6.24. The van der Waals surface area contributed by atoms with Gasteiger partial charge in [-0.05, 0) is 62.6 Å². The highest BCUT2D eigenvalue weighted by atomic mass is 35.5. The first-order chi connectivity index (χ1) is 13.1. The van der Waals surface area contributed by atoms with Gasteiger partial charge in [0.15, 0.2) is 0 Å². The number of benzene rings is 2. The molecule has 0 bridgehead atoms. The van der Waals surface area contributed by atoms with E-state index in [0.717, 1.165) is 17.4 Å². The lowest BCUT2D eigenvalue weighted by molar-refractivity contribution is -0.121. The quantitative estimate of drug-likeness (QED) is 0.686. The summed E-state index contributed by atoms with van der Waals surface area (Å²) in [7, 11) is -3.45. The maximum atomic E-state index is 12.3. The average Bonchev–Trinajstić information content (AvgIpc) is 2.58. The molecule has 28 heavy (non-hydrogen) atoms. The van der Waals surface area contributed by atoms with Gasteiger partial charge in [-0.1, -0.05) is 35.4 Å². The molecular formula is C21H27ClN2O3S. The summed E-state index contributed by atoms with van der Waals surface area (Å²) in [5.41, 5.74) is 3.94. The van der Waals surface area contributed by atoms with Gasteiger partial charge in [0.05, 0.1) is 18.0 Å². The van der Waals surface area contributed by atoms with Crippen molar-refractivity contribution in [2.45, 2.75) is 39.7 Å². The van der Waals surface area contributed by atoms with Gasteiger partial charge in [-0.15, -0.1) is 0 Å². The van der Waals surface area contributed by atoms with E-state index < -0.39 is 10.0 Å². The molecule has 0 aliphatic rings. The summed E-state index contributed by atoms with van der Waals surface area (Å²) >= 11 is 5.87. The Hall–Kier alpha value is -2.05. The Morgan fingerprint density at radius 1 is 1.14 bits per heavy atom. The van der Waals surface area contributed by atoms with E-state index in [1.807, 2.05) is 32.9 Å². The number of amides is 1. The summed E-state index contributed by atoms with van der Waals surface area (Å²) < 4.78 is 25.5. The molecule has 1 atom stereocenters. The Labute approximate surface area is 172 Å². The number of sulfonamides is 1. The third-order valence-electron chi connectivity index (χ3n) is 4.55. The fourth-order valence-electron chi connectivity index (χ4n) is 3.18. The van der Waals surface area contributed by atoms with E-state index in [4.69, 9.17) is 11.6 Å². The molecule has 2 aromatic carbocycles. The van der Waals surface area contributed by atoms with Gasteiger partial charge in [-0.3, -0.25) is 9.10 Å². The van der Waals surface area contributed by atoms with Gasteiger partial charge >= 0.3 is 0 Å². The molecule has 0 unspecified atom stereocenters. The molecule has 0 aliphatic heterocycles. The average molecular weight is 423 g/mol. The highest BCUT2D eigenvalue weighted by molar-refractivity contribution is 7.92. The van der Waals surface area contributed by atoms with Crippen LogP contribution in [0.4, 0.5) is 5.69 Å². The number of carbonyl (C=O) groups excluding carboxylic acids is 1. The van der Waals surface area contributed by atoms with E-state index in [1.165, 1.54) is 9.87 Å². The van der Waals surface area contributed by atoms with Crippen LogP contribution in [0.1, 0.15) is 42.5 Å². The van der Waals surface area contributed by atoms with Gasteiger partial charge in [0.2, 0.25) is 15.9 Å². The molecule has 0 saturated carbocycles. The van der Waals surface area contributed by atoms with Crippen LogP contribution >= 0.6 is 11.6 Å². The van der Waals surface area contributed by atoms with Gasteiger partial charge < -0.3 is 5.32 Å². The number of rotatable bonds is 8. The summed E-state index contributed by atoms with van der Waals surface area (Å²) in [5.74, 6) is -0.1000. The standard InChI is InChI=1S/C21H27ClN2O3S/c1-15-7-12-20(16(2)14-15)17(3)23-21(25)6-5-13-24(28(4,26)27)19-10-8-18(22)9-11-19/h7-12,14,17H,5-6,13H2,1-4H3,(H,23,25)/t17-/m0/s1. The van der Waals surface area contributed by atoms with E-state index in [2.05, 4.69) is 11.4 Å². The van der Waals surface area contributed by atoms with Gasteiger partial charge in [-0.2, -0.15) is 0 Å². The number of carbonyl (C=O) groups is 1. The number of anilines is 1. The molecule has 0 heterocycles. The van der Waals surface area contributed by atoms with Crippen LogP contribution in [-0.2, 0) is 14.8 Å². The number of nitrogens with one attached hydrogen (secondary N) is 1. The molecule has 0 fully saturated rings. The fraction of sp³-hybridized carbons (Fsp3) is 0.381. The largest absolute Gasteiger partial charge is 0.350 e. The molecule has 1 N–H and O–H groups in total. The molecule has 152 valence electrons. The minimum atomic E-state index is -3.45. The van der Waals surface area contributed by atoms with Crippen molar-refractivity contribution in [3.63, 3.8) is 0 Å². The second kappa shape index (κ2) is 9.43. The second-order valence-electron chi connectivity index (χ2n) is 7.06. The minimum absolute atomic E-state index is 0.1000. The number of hydrogen-bond acceptors (Lipinski definition) is 3. The molecule has 0 spiro atoms. The highest BCUT2D eigenvalue weighted by Gasteiger charge is 2.18. The Kier molecular flexibility index (Phi) is 7.49. The summed E-state index contributed by atoms with van der Waals surface area (Å²) in [6.07, 6.45) is 1.82. The molecular weight excluding hydrogens is 396 g/mol. The first-order valence-electron chi connectivity index (χ1n) is 9.17. The van der Waals surface area contributed by atoms with Gasteiger partial charge in [-0.25, -0.2) is 8.42 Å². The molecule has 7 heteroatoms. The first kappa shape index (κ1) is 22.2. The zero-order chi connectivity index (χ0) is 20.9. The number of hydrogen-bond donors (Lipinski definition) is 1. The molecule has 0 aliphatic carbocycles. The molecule has 5 nitrogen and oxygen atoms in total. The summed E-state index contributed by atoms with van der Waals surface area (Å²) in [4.78, 5) is 12.3. The van der Waals surface area contributed by atoms with E-state index in [1.54, 1.807) is 24.3 Å². The zero-order valence-electron chi connectivity index (χ0n) is 16.7. The number of halogens is 1. The van der Waals surface area contributed by atoms with Crippen LogP contribution in [0.3, 0.4) is 0 Å². The molecule has 1 amide bonds. The van der Waals surface area contributed by atoms with Crippen LogP contribution in [0, 0.1) is 13.8 Å². The monoisotopic (exact) mass is 422 g/mol. The van der Waals surface area contributed by atoms with Crippen molar-refractivity contribution in [1.82, 2.24) is 5.32 Å². The topological polar surface area (TPSA) is 66.5 Å². The molecule has 0 saturated heterocycles. The van der Waals surface area contributed by atoms with Crippen molar-refractivity contribution >= 4 is 33.2 Å². The van der Waals surface area contributed by atoms with Crippen molar-refractivity contribution in [3.8, 4) is 0 Å². The first-order valence-corrected chi connectivity index (χ1v) is 11.4. The van der Waals surface area contributed by atoms with Crippen LogP contribution in [0.25, 0.3) is 0 Å². The van der Waals surface area contributed by atoms with Crippen molar-refractivity contribution in [1.29, 1.82) is 0 Å². The minimum Gasteiger partial charge on any atom is -0.350 e. The van der Waals surface area contributed by atoms with Crippen LogP contribution in [0.2, 0.25) is 5.02 Å². The Balaban J connectivity index is 1.94. The fourth-order valence-corrected chi connectivity index (χ4v) is 4.27. The van der Waals surface area contributed by atoms with E-state index in [9.17, 15) is 13.2 Å². The smallest absolute Gasteiger partial charge is 0.232 e. The summed E-state index contributed by atoms with van der Waals surface area (Å²) in [6, 6.07) is 12.7. The van der Waals surface area contributed by atoms with E-state index in [0.29, 0.717) is 17.1 Å². The van der Waals surface area contributed by atoms with E-state index >= 15 is 0 Å². The maximum absolute atomic E-state index is 12.3. The van der Waals surface area contributed by atoms with Crippen LogP contribution in [-0.4, -0.2) is 27.1 Å². The lowest BCUT2D eigenvalue weighted by Gasteiger charge is -2.22. The lowest BCUT2D eigenvalue weighted by Crippen LogP contribution is -2.32. The van der Waals surface area contributed by atoms with Gasteiger partial charge in [0.1, 0.15) is 0 Å². The number of aryl methyl sites for hydroxylation is 2. The summed E-state index contributed by atoms with van der Waals surface area (Å²) in [5, 5.41) is 3.53. The highest BCUT2D eigenvalue weighted by Crippen LogP contribution is 2.21. The molecule has 2 rings (SSSR count). The molecule has 2 aromatic rings. The second-order valence-corrected chi connectivity index (χ2v) is 9.41. The van der Waals surface area contributed by atoms with Crippen LogP contribution < -0.4 is 9.62 Å². The Morgan fingerprint density at radius 3 is 2.36 bits per heavy atom. The normalized spacial score (nSPS) is 12.5. The van der Waals surface area contributed by atoms with E-state index in [-0.39, 0.29) is 24.9 Å².